The Balaban J connectivity index is 1.61. The standard InChI is InChI=1S/C26H18N2O/c1-28-23-13-6-5-12-22(23)27-26(28)21-11-7-10-20-19-15-14-18(16-24(19)29-25(20)21)17-8-3-2-4-9-17/h2-16H,1H3. The lowest BCUT2D eigenvalue weighted by atomic mass is 10.0. The van der Waals surface area contributed by atoms with Crippen molar-refractivity contribution in [2.45, 2.75) is 0 Å². The fourth-order valence-corrected chi connectivity index (χ4v) is 4.17. The number of benzene rings is 4. The van der Waals surface area contributed by atoms with Gasteiger partial charge in [-0.25, -0.2) is 4.98 Å². The molecule has 0 aliphatic heterocycles. The lowest BCUT2D eigenvalue weighted by Crippen LogP contribution is -1.92. The molecule has 0 bridgehead atoms. The number of para-hydroxylation sites is 3. The van der Waals surface area contributed by atoms with Crippen LogP contribution >= 0.6 is 0 Å². The van der Waals surface area contributed by atoms with Gasteiger partial charge >= 0.3 is 0 Å². The number of rotatable bonds is 2. The molecule has 0 saturated heterocycles. The minimum Gasteiger partial charge on any atom is -0.455 e. The lowest BCUT2D eigenvalue weighted by molar-refractivity contribution is 0.669. The molecule has 0 saturated carbocycles. The Hall–Kier alpha value is -3.85. The molecule has 0 aliphatic carbocycles. The van der Waals surface area contributed by atoms with Gasteiger partial charge in [0.25, 0.3) is 0 Å². The molecule has 3 heteroatoms. The molecular weight excluding hydrogens is 356 g/mol. The molecule has 0 unspecified atom stereocenters. The molecule has 6 aromatic rings. The number of hydrogen-bond donors (Lipinski definition) is 0. The van der Waals surface area contributed by atoms with Crippen molar-refractivity contribution in [3.05, 3.63) is 91.0 Å². The first-order valence-corrected chi connectivity index (χ1v) is 9.72. The van der Waals surface area contributed by atoms with Gasteiger partial charge in [-0.2, -0.15) is 0 Å². The Morgan fingerprint density at radius 2 is 1.55 bits per heavy atom. The van der Waals surface area contributed by atoms with Crippen molar-refractivity contribution in [3.63, 3.8) is 0 Å². The topological polar surface area (TPSA) is 31.0 Å². The minimum absolute atomic E-state index is 0.881. The van der Waals surface area contributed by atoms with Crippen LogP contribution in [0.5, 0.6) is 0 Å². The van der Waals surface area contributed by atoms with Gasteiger partial charge in [0.1, 0.15) is 17.0 Å². The van der Waals surface area contributed by atoms with Crippen LogP contribution in [0.1, 0.15) is 0 Å². The number of hydrogen-bond acceptors (Lipinski definition) is 2. The fourth-order valence-electron chi connectivity index (χ4n) is 4.17. The van der Waals surface area contributed by atoms with Crippen LogP contribution in [-0.4, -0.2) is 9.55 Å². The van der Waals surface area contributed by atoms with Gasteiger partial charge in [-0.05, 0) is 41.5 Å². The summed E-state index contributed by atoms with van der Waals surface area (Å²) in [6, 6.07) is 31.3. The van der Waals surface area contributed by atoms with E-state index in [1.54, 1.807) is 0 Å². The molecule has 29 heavy (non-hydrogen) atoms. The van der Waals surface area contributed by atoms with E-state index in [4.69, 9.17) is 9.40 Å². The van der Waals surface area contributed by atoms with Crippen molar-refractivity contribution in [1.29, 1.82) is 0 Å². The Kier molecular flexibility index (Phi) is 3.38. The van der Waals surface area contributed by atoms with Crippen LogP contribution in [0.2, 0.25) is 0 Å². The molecule has 0 radical (unpaired) electrons. The summed E-state index contributed by atoms with van der Waals surface area (Å²) in [5.41, 5.74) is 7.23. The Labute approximate surface area is 167 Å². The van der Waals surface area contributed by atoms with Gasteiger partial charge in [0.2, 0.25) is 0 Å². The number of aromatic nitrogens is 2. The molecule has 2 aromatic heterocycles. The summed E-state index contributed by atoms with van der Waals surface area (Å²) < 4.78 is 8.53. The predicted octanol–water partition coefficient (Wildman–Crippen LogP) is 6.81. The van der Waals surface area contributed by atoms with Gasteiger partial charge in [0.15, 0.2) is 0 Å². The van der Waals surface area contributed by atoms with Crippen molar-refractivity contribution in [2.24, 2.45) is 7.05 Å². The second kappa shape index (κ2) is 6.08. The lowest BCUT2D eigenvalue weighted by Gasteiger charge is -2.03. The maximum absolute atomic E-state index is 6.40. The zero-order chi connectivity index (χ0) is 19.4. The number of imidazole rings is 1. The molecule has 0 amide bonds. The van der Waals surface area contributed by atoms with Gasteiger partial charge in [0, 0.05) is 17.8 Å². The summed E-state index contributed by atoms with van der Waals surface area (Å²) in [7, 11) is 2.06. The highest BCUT2D eigenvalue weighted by Crippen LogP contribution is 2.37. The van der Waals surface area contributed by atoms with Crippen LogP contribution in [0, 0.1) is 0 Å². The molecule has 0 spiro atoms. The van der Waals surface area contributed by atoms with E-state index in [1.807, 2.05) is 24.3 Å². The summed E-state index contributed by atoms with van der Waals surface area (Å²) in [4.78, 5) is 4.87. The smallest absolute Gasteiger partial charge is 0.146 e. The van der Waals surface area contributed by atoms with Crippen LogP contribution in [0.25, 0.3) is 55.5 Å². The zero-order valence-electron chi connectivity index (χ0n) is 16.0. The van der Waals surface area contributed by atoms with Crippen LogP contribution < -0.4 is 0 Å². The second-order valence-electron chi connectivity index (χ2n) is 7.34. The number of furan rings is 1. The molecule has 4 aromatic carbocycles. The Morgan fingerprint density at radius 1 is 0.724 bits per heavy atom. The van der Waals surface area contributed by atoms with Crippen molar-refractivity contribution in [2.75, 3.05) is 0 Å². The summed E-state index contributed by atoms with van der Waals surface area (Å²) >= 11 is 0. The van der Waals surface area contributed by atoms with Crippen molar-refractivity contribution < 1.29 is 4.42 Å². The first-order valence-electron chi connectivity index (χ1n) is 9.72. The van der Waals surface area contributed by atoms with Gasteiger partial charge in [0.05, 0.1) is 16.6 Å². The first-order chi connectivity index (χ1) is 14.3. The predicted molar refractivity (Wildman–Crippen MR) is 119 cm³/mol. The minimum atomic E-state index is 0.881. The molecule has 0 fully saturated rings. The van der Waals surface area contributed by atoms with E-state index in [2.05, 4.69) is 78.3 Å². The second-order valence-corrected chi connectivity index (χ2v) is 7.34. The SMILES string of the molecule is Cn1c(-c2cccc3c2oc2cc(-c4ccccc4)ccc23)nc2ccccc21. The number of fused-ring (bicyclic) bond motifs is 4. The van der Waals surface area contributed by atoms with Gasteiger partial charge in [-0.3, -0.25) is 0 Å². The van der Waals surface area contributed by atoms with E-state index >= 15 is 0 Å². The quantitative estimate of drug-likeness (QED) is 0.333. The van der Waals surface area contributed by atoms with Crippen molar-refractivity contribution in [1.82, 2.24) is 9.55 Å². The molecule has 0 aliphatic rings. The average molecular weight is 374 g/mol. The highest BCUT2D eigenvalue weighted by atomic mass is 16.3. The fraction of sp³-hybridized carbons (Fsp3) is 0.0385. The van der Waals surface area contributed by atoms with E-state index in [0.29, 0.717) is 0 Å². The molecule has 138 valence electrons. The van der Waals surface area contributed by atoms with E-state index in [9.17, 15) is 0 Å². The van der Waals surface area contributed by atoms with Crippen LogP contribution in [0.4, 0.5) is 0 Å². The summed E-state index contributed by atoms with van der Waals surface area (Å²) in [5, 5.41) is 2.24. The maximum Gasteiger partial charge on any atom is 0.146 e. The van der Waals surface area contributed by atoms with Crippen LogP contribution in [-0.2, 0) is 7.05 Å². The third-order valence-corrected chi connectivity index (χ3v) is 5.63. The summed E-state index contributed by atoms with van der Waals surface area (Å²) in [5.74, 6) is 0.916. The van der Waals surface area contributed by atoms with Gasteiger partial charge < -0.3 is 8.98 Å². The zero-order valence-corrected chi connectivity index (χ0v) is 16.0. The molecule has 3 nitrogen and oxygen atoms in total. The number of aryl methyl sites for hydroxylation is 1. The average Bonchev–Trinajstić information content (AvgIpc) is 3.32. The summed E-state index contributed by atoms with van der Waals surface area (Å²) in [6.07, 6.45) is 0. The molecule has 6 rings (SSSR count). The molecular formula is C26H18N2O. The normalized spacial score (nSPS) is 11.6. The molecule has 0 atom stereocenters. The van der Waals surface area contributed by atoms with Gasteiger partial charge in [-0.15, -0.1) is 0 Å². The van der Waals surface area contributed by atoms with Crippen molar-refractivity contribution in [3.8, 4) is 22.5 Å². The van der Waals surface area contributed by atoms with Crippen molar-refractivity contribution >= 4 is 33.0 Å². The van der Waals surface area contributed by atoms with Gasteiger partial charge in [-0.1, -0.05) is 60.7 Å². The number of nitrogens with zero attached hydrogens (tertiary/aromatic N) is 2. The molecule has 2 heterocycles. The monoisotopic (exact) mass is 374 g/mol. The highest BCUT2D eigenvalue weighted by Gasteiger charge is 2.17. The summed E-state index contributed by atoms with van der Waals surface area (Å²) in [6.45, 7) is 0. The van der Waals surface area contributed by atoms with E-state index in [1.165, 1.54) is 5.56 Å². The van der Waals surface area contributed by atoms with Crippen LogP contribution in [0.3, 0.4) is 0 Å². The first kappa shape index (κ1) is 16.1. The van der Waals surface area contributed by atoms with E-state index in [0.717, 1.165) is 49.9 Å². The third kappa shape index (κ3) is 2.41. The van der Waals surface area contributed by atoms with E-state index < -0.39 is 0 Å². The largest absolute Gasteiger partial charge is 0.455 e. The Bertz CT molecular complexity index is 1510. The maximum atomic E-state index is 6.40. The Morgan fingerprint density at radius 3 is 2.41 bits per heavy atom. The van der Waals surface area contributed by atoms with E-state index in [-0.39, 0.29) is 0 Å². The molecule has 0 N–H and O–H groups in total. The van der Waals surface area contributed by atoms with Crippen LogP contribution in [0.15, 0.2) is 95.4 Å². The highest BCUT2D eigenvalue weighted by molar-refractivity contribution is 6.10. The third-order valence-electron chi connectivity index (χ3n) is 5.63.